The first-order valence-electron chi connectivity index (χ1n) is 15.1. The zero-order chi connectivity index (χ0) is 34.3. The SMILES string of the molecule is COc1ccc(C(OC[C@H]2O[C@@H](n3cnc4c(N)ncnc43)[C@@](O)(C(C)=O)[C@@]2(O)C(C)=O)(c2ccccc2)c2ccc(OC)cc2)cc1. The van der Waals surface area contributed by atoms with Crippen LogP contribution >= 0.6 is 0 Å². The molecule has 4 N–H and O–H groups in total. The Morgan fingerprint density at radius 2 is 1.38 bits per heavy atom. The second-order valence-electron chi connectivity index (χ2n) is 11.5. The van der Waals surface area contributed by atoms with E-state index >= 15 is 0 Å². The van der Waals surface area contributed by atoms with E-state index in [1.54, 1.807) is 38.5 Å². The maximum atomic E-state index is 13.4. The van der Waals surface area contributed by atoms with Gasteiger partial charge >= 0.3 is 0 Å². The summed E-state index contributed by atoms with van der Waals surface area (Å²) in [5.41, 5.74) is 1.43. The fourth-order valence-corrected chi connectivity index (χ4v) is 6.47. The molecule has 0 saturated carbocycles. The third-order valence-corrected chi connectivity index (χ3v) is 9.04. The first-order chi connectivity index (χ1) is 23.0. The molecule has 1 fully saturated rings. The number of aromatic nitrogens is 4. The van der Waals surface area contributed by atoms with Crippen molar-refractivity contribution in [2.45, 2.75) is 43.0 Å². The lowest BCUT2D eigenvalue weighted by molar-refractivity contribution is -0.183. The first-order valence-corrected chi connectivity index (χ1v) is 15.1. The van der Waals surface area contributed by atoms with E-state index in [1.165, 1.54) is 17.2 Å². The highest BCUT2D eigenvalue weighted by Gasteiger charge is 2.72. The number of nitrogen functional groups attached to an aromatic ring is 1. The van der Waals surface area contributed by atoms with Crippen molar-refractivity contribution >= 4 is 28.5 Å². The van der Waals surface area contributed by atoms with Crippen LogP contribution in [0.4, 0.5) is 5.82 Å². The molecule has 2 aromatic heterocycles. The number of aliphatic hydroxyl groups is 2. The van der Waals surface area contributed by atoms with Gasteiger partial charge in [-0.25, -0.2) is 15.0 Å². The summed E-state index contributed by atoms with van der Waals surface area (Å²) < 4.78 is 25.3. The minimum Gasteiger partial charge on any atom is -0.497 e. The monoisotopic (exact) mass is 653 g/mol. The maximum absolute atomic E-state index is 13.4. The first kappa shape index (κ1) is 32.7. The van der Waals surface area contributed by atoms with Crippen molar-refractivity contribution in [2.24, 2.45) is 0 Å². The van der Waals surface area contributed by atoms with Crippen LogP contribution in [0.2, 0.25) is 0 Å². The van der Waals surface area contributed by atoms with Crippen molar-refractivity contribution in [1.29, 1.82) is 0 Å². The van der Waals surface area contributed by atoms with Gasteiger partial charge in [0.2, 0.25) is 5.60 Å². The van der Waals surface area contributed by atoms with Crippen LogP contribution in [-0.4, -0.2) is 79.4 Å². The number of benzene rings is 3. The number of fused-ring (bicyclic) bond motifs is 1. The number of hydrogen-bond donors (Lipinski definition) is 3. The van der Waals surface area contributed by atoms with Gasteiger partial charge < -0.3 is 34.9 Å². The lowest BCUT2D eigenvalue weighted by atomic mass is 9.74. The number of rotatable bonds is 11. The van der Waals surface area contributed by atoms with E-state index in [-0.39, 0.29) is 17.0 Å². The minimum absolute atomic E-state index is 0.0523. The predicted molar refractivity (Wildman–Crippen MR) is 173 cm³/mol. The largest absolute Gasteiger partial charge is 0.497 e. The summed E-state index contributed by atoms with van der Waals surface area (Å²) >= 11 is 0. The molecule has 1 aliphatic heterocycles. The Morgan fingerprint density at radius 1 is 0.833 bits per heavy atom. The van der Waals surface area contributed by atoms with Crippen LogP contribution in [0, 0.1) is 0 Å². The molecule has 6 rings (SSSR count). The summed E-state index contributed by atoms with van der Waals surface area (Å²) in [5.74, 6) is -0.541. The molecule has 0 aliphatic carbocycles. The average Bonchev–Trinajstić information content (AvgIpc) is 3.64. The van der Waals surface area contributed by atoms with Gasteiger partial charge in [0.25, 0.3) is 0 Å². The van der Waals surface area contributed by atoms with E-state index in [2.05, 4.69) is 15.0 Å². The molecule has 1 aliphatic rings. The molecule has 0 radical (unpaired) electrons. The standard InChI is InChI=1S/C35H35N5O8/c1-21(41)34(43)28(48-32(35(34,44)22(2)42)40-20-39-29-30(36)37-19-38-31(29)40)18-47-33(23-8-6-5-7-9-23,24-10-14-26(45-3)15-11-24)25-12-16-27(46-4)17-13-25/h5-17,19-20,28,32,43-44H,18H2,1-4H3,(H2,36,37,38)/t28-,32-,34-,35+/m1/s1. The van der Waals surface area contributed by atoms with E-state index < -0.39 is 47.3 Å². The van der Waals surface area contributed by atoms with Gasteiger partial charge in [-0.05, 0) is 54.8 Å². The fourth-order valence-electron chi connectivity index (χ4n) is 6.47. The number of methoxy groups -OCH3 is 2. The molecule has 248 valence electrons. The smallest absolute Gasteiger partial charge is 0.206 e. The van der Waals surface area contributed by atoms with Gasteiger partial charge in [-0.2, -0.15) is 0 Å². The van der Waals surface area contributed by atoms with Crippen LogP contribution in [0.1, 0.15) is 36.8 Å². The molecular formula is C35H35N5O8. The highest BCUT2D eigenvalue weighted by Crippen LogP contribution is 2.49. The Hall–Kier alpha value is -5.21. The number of ether oxygens (including phenoxy) is 4. The van der Waals surface area contributed by atoms with Gasteiger partial charge in [-0.15, -0.1) is 0 Å². The van der Waals surface area contributed by atoms with Crippen molar-refractivity contribution < 1.29 is 38.7 Å². The van der Waals surface area contributed by atoms with Crippen LogP contribution in [-0.2, 0) is 24.7 Å². The number of Topliss-reactive ketones (excluding diaryl/α,β-unsaturated/α-hetero) is 2. The summed E-state index contributed by atoms with van der Waals surface area (Å²) in [7, 11) is 3.13. The number of carbonyl (C=O) groups excluding carboxylic acids is 2. The van der Waals surface area contributed by atoms with Crippen molar-refractivity contribution in [2.75, 3.05) is 26.6 Å². The molecule has 48 heavy (non-hydrogen) atoms. The molecule has 1 saturated heterocycles. The van der Waals surface area contributed by atoms with Crippen molar-refractivity contribution in [3.05, 3.63) is 108 Å². The molecule has 3 heterocycles. The summed E-state index contributed by atoms with van der Waals surface area (Å²) in [6.07, 6.45) is -0.774. The highest BCUT2D eigenvalue weighted by molar-refractivity contribution is 5.99. The lowest BCUT2D eigenvalue weighted by Crippen LogP contribution is -2.66. The number of imidazole rings is 1. The van der Waals surface area contributed by atoms with Gasteiger partial charge in [-0.3, -0.25) is 14.2 Å². The van der Waals surface area contributed by atoms with Gasteiger partial charge in [0.1, 0.15) is 35.0 Å². The molecule has 0 unspecified atom stereocenters. The third kappa shape index (κ3) is 4.90. The van der Waals surface area contributed by atoms with Gasteiger partial charge in [-0.1, -0.05) is 54.6 Å². The third-order valence-electron chi connectivity index (χ3n) is 9.04. The average molecular weight is 654 g/mol. The summed E-state index contributed by atoms with van der Waals surface area (Å²) in [6, 6.07) is 23.9. The Balaban J connectivity index is 1.51. The van der Waals surface area contributed by atoms with Crippen molar-refractivity contribution in [3.8, 4) is 11.5 Å². The molecule has 5 aromatic rings. The second kappa shape index (κ2) is 12.4. The Labute approximate surface area is 275 Å². The van der Waals surface area contributed by atoms with Crippen molar-refractivity contribution in [3.63, 3.8) is 0 Å². The molecule has 4 atom stereocenters. The van der Waals surface area contributed by atoms with Crippen LogP contribution in [0.15, 0.2) is 91.5 Å². The van der Waals surface area contributed by atoms with Crippen LogP contribution in [0.25, 0.3) is 11.2 Å². The molecular weight excluding hydrogens is 618 g/mol. The van der Waals surface area contributed by atoms with Crippen molar-refractivity contribution in [1.82, 2.24) is 19.5 Å². The second-order valence-corrected chi connectivity index (χ2v) is 11.5. The fraction of sp³-hybridized carbons (Fsp3) is 0.286. The normalized spacial score (nSPS) is 22.5. The van der Waals surface area contributed by atoms with Crippen LogP contribution in [0.5, 0.6) is 11.5 Å². The Kier molecular flexibility index (Phi) is 8.47. The number of hydrogen-bond acceptors (Lipinski definition) is 12. The maximum Gasteiger partial charge on any atom is 0.206 e. The Morgan fingerprint density at radius 3 is 1.90 bits per heavy atom. The number of nitrogens with two attached hydrogens (primary N) is 1. The lowest BCUT2D eigenvalue weighted by Gasteiger charge is -2.39. The summed E-state index contributed by atoms with van der Waals surface area (Å²) in [6.45, 7) is 1.67. The molecule has 3 aromatic carbocycles. The molecule has 0 spiro atoms. The van der Waals surface area contributed by atoms with Gasteiger partial charge in [0.05, 0.1) is 27.2 Å². The topological polar surface area (TPSA) is 181 Å². The zero-order valence-electron chi connectivity index (χ0n) is 26.7. The predicted octanol–water partition coefficient (Wildman–Crippen LogP) is 2.97. The summed E-state index contributed by atoms with van der Waals surface area (Å²) in [5, 5.41) is 24.3. The van der Waals surface area contributed by atoms with E-state index in [0.29, 0.717) is 28.2 Å². The summed E-state index contributed by atoms with van der Waals surface area (Å²) in [4.78, 5) is 39.1. The van der Waals surface area contributed by atoms with Gasteiger partial charge in [0, 0.05) is 0 Å². The van der Waals surface area contributed by atoms with Crippen LogP contribution in [0.3, 0.4) is 0 Å². The highest BCUT2D eigenvalue weighted by atomic mass is 16.6. The van der Waals surface area contributed by atoms with E-state index in [1.807, 2.05) is 54.6 Å². The molecule has 0 amide bonds. The Bertz CT molecular complexity index is 1900. The molecule has 0 bridgehead atoms. The zero-order valence-corrected chi connectivity index (χ0v) is 26.7. The molecule has 13 heteroatoms. The number of ketones is 2. The number of carbonyl (C=O) groups is 2. The number of nitrogens with zero attached hydrogens (tertiary/aromatic N) is 4. The quantitative estimate of drug-likeness (QED) is 0.178. The van der Waals surface area contributed by atoms with E-state index in [4.69, 9.17) is 24.7 Å². The van der Waals surface area contributed by atoms with Gasteiger partial charge in [0.15, 0.2) is 34.9 Å². The molecule has 13 nitrogen and oxygen atoms in total. The van der Waals surface area contributed by atoms with Crippen LogP contribution < -0.4 is 15.2 Å². The number of anilines is 1. The minimum atomic E-state index is -2.78. The van der Waals surface area contributed by atoms with E-state index in [9.17, 15) is 19.8 Å². The van der Waals surface area contributed by atoms with E-state index in [0.717, 1.165) is 13.8 Å².